The van der Waals surface area contributed by atoms with Gasteiger partial charge in [-0.25, -0.2) is 0 Å². The molecule has 0 aromatic heterocycles. The normalized spacial score (nSPS) is 15.8. The third-order valence-corrected chi connectivity index (χ3v) is 4.46. The number of carbonyl (C=O) groups is 2. The molecular formula is C18H24F3N3O4. The largest absolute Gasteiger partial charge is 0.493 e. The highest BCUT2D eigenvalue weighted by Crippen LogP contribution is 2.29. The second-order valence-electron chi connectivity index (χ2n) is 6.50. The Hall–Kier alpha value is -2.49. The van der Waals surface area contributed by atoms with Crippen LogP contribution in [-0.2, 0) is 9.59 Å². The van der Waals surface area contributed by atoms with Gasteiger partial charge >= 0.3 is 6.18 Å². The Morgan fingerprint density at radius 2 is 1.79 bits per heavy atom. The highest BCUT2D eigenvalue weighted by Gasteiger charge is 2.31. The smallest absolute Gasteiger partial charge is 0.405 e. The number of amides is 2. The number of piperidine rings is 1. The molecule has 0 saturated carbocycles. The Labute approximate surface area is 161 Å². The maximum absolute atomic E-state index is 12.2. The van der Waals surface area contributed by atoms with Gasteiger partial charge < -0.3 is 20.1 Å². The summed E-state index contributed by atoms with van der Waals surface area (Å²) >= 11 is 0. The van der Waals surface area contributed by atoms with Crippen LogP contribution in [0.5, 0.6) is 11.5 Å². The van der Waals surface area contributed by atoms with Crippen molar-refractivity contribution in [2.24, 2.45) is 5.92 Å². The third-order valence-electron chi connectivity index (χ3n) is 4.46. The Morgan fingerprint density at radius 1 is 1.14 bits per heavy atom. The molecule has 1 aromatic carbocycles. The molecule has 2 N–H and O–H groups in total. The minimum atomic E-state index is -4.42. The van der Waals surface area contributed by atoms with Crippen LogP contribution in [0.3, 0.4) is 0 Å². The first-order valence-corrected chi connectivity index (χ1v) is 8.80. The van der Waals surface area contributed by atoms with Crippen molar-refractivity contribution in [3.8, 4) is 11.5 Å². The fourth-order valence-electron chi connectivity index (χ4n) is 3.00. The van der Waals surface area contributed by atoms with Gasteiger partial charge in [0.25, 0.3) is 0 Å². The Bertz CT molecular complexity index is 689. The molecule has 0 atom stereocenters. The van der Waals surface area contributed by atoms with Crippen molar-refractivity contribution in [1.82, 2.24) is 10.2 Å². The molecular weight excluding hydrogens is 379 g/mol. The second-order valence-corrected chi connectivity index (χ2v) is 6.50. The summed E-state index contributed by atoms with van der Waals surface area (Å²) < 4.78 is 46.9. The van der Waals surface area contributed by atoms with Crippen LogP contribution in [0.25, 0.3) is 0 Å². The van der Waals surface area contributed by atoms with Gasteiger partial charge in [-0.05, 0) is 38.1 Å². The lowest BCUT2D eigenvalue weighted by atomic mass is 9.96. The highest BCUT2D eigenvalue weighted by molar-refractivity contribution is 5.92. The molecule has 0 aliphatic carbocycles. The van der Waals surface area contributed by atoms with Crippen molar-refractivity contribution < 1.29 is 32.2 Å². The zero-order valence-corrected chi connectivity index (χ0v) is 15.8. The predicted molar refractivity (Wildman–Crippen MR) is 96.4 cm³/mol. The van der Waals surface area contributed by atoms with Crippen molar-refractivity contribution in [2.75, 3.05) is 45.7 Å². The quantitative estimate of drug-likeness (QED) is 0.728. The molecule has 10 heteroatoms. The first-order chi connectivity index (χ1) is 13.2. The number of benzene rings is 1. The maximum Gasteiger partial charge on any atom is 0.405 e. The molecule has 1 aromatic rings. The molecule has 7 nitrogen and oxygen atoms in total. The third kappa shape index (κ3) is 6.59. The molecule has 0 unspecified atom stereocenters. The second kappa shape index (κ2) is 9.63. The number of ether oxygens (including phenoxy) is 2. The number of hydrogen-bond donors (Lipinski definition) is 2. The number of anilines is 1. The molecule has 2 rings (SSSR count). The molecule has 0 bridgehead atoms. The van der Waals surface area contributed by atoms with Gasteiger partial charge in [0.05, 0.1) is 20.8 Å². The van der Waals surface area contributed by atoms with Crippen LogP contribution in [0.2, 0.25) is 0 Å². The molecule has 0 radical (unpaired) electrons. The lowest BCUT2D eigenvalue weighted by molar-refractivity contribution is -0.141. The van der Waals surface area contributed by atoms with Gasteiger partial charge in [-0.2, -0.15) is 13.2 Å². The van der Waals surface area contributed by atoms with Crippen LogP contribution >= 0.6 is 0 Å². The SMILES string of the molecule is COc1ccc(NC(=O)CN2CCC(C(=O)NCC(F)(F)F)CC2)cc1OC. The topological polar surface area (TPSA) is 79.9 Å². The Kier molecular flexibility index (Phi) is 7.50. The minimum absolute atomic E-state index is 0.130. The number of carbonyl (C=O) groups excluding carboxylic acids is 2. The maximum atomic E-state index is 12.2. The van der Waals surface area contributed by atoms with E-state index in [-0.39, 0.29) is 12.5 Å². The summed E-state index contributed by atoms with van der Waals surface area (Å²) in [5.74, 6) is -0.246. The van der Waals surface area contributed by atoms with Crippen LogP contribution in [0.1, 0.15) is 12.8 Å². The molecule has 1 heterocycles. The Morgan fingerprint density at radius 3 is 2.36 bits per heavy atom. The Balaban J connectivity index is 1.78. The fraction of sp³-hybridized carbons (Fsp3) is 0.556. The van der Waals surface area contributed by atoms with Gasteiger partial charge in [0, 0.05) is 17.7 Å². The number of nitrogens with one attached hydrogen (secondary N) is 2. The van der Waals surface area contributed by atoms with E-state index >= 15 is 0 Å². The number of hydrogen-bond acceptors (Lipinski definition) is 5. The summed E-state index contributed by atoms with van der Waals surface area (Å²) in [6, 6.07) is 5.02. The van der Waals surface area contributed by atoms with Crippen molar-refractivity contribution in [3.05, 3.63) is 18.2 Å². The monoisotopic (exact) mass is 403 g/mol. The van der Waals surface area contributed by atoms with E-state index in [1.54, 1.807) is 18.2 Å². The number of nitrogens with zero attached hydrogens (tertiary/aromatic N) is 1. The molecule has 1 saturated heterocycles. The van der Waals surface area contributed by atoms with E-state index in [1.165, 1.54) is 14.2 Å². The average molecular weight is 403 g/mol. The van der Waals surface area contributed by atoms with Crippen LogP contribution in [0.4, 0.5) is 18.9 Å². The number of alkyl halides is 3. The van der Waals surface area contributed by atoms with E-state index in [4.69, 9.17) is 9.47 Å². The summed E-state index contributed by atoms with van der Waals surface area (Å²) in [6.07, 6.45) is -3.60. The van der Waals surface area contributed by atoms with Crippen LogP contribution < -0.4 is 20.1 Å². The summed E-state index contributed by atoms with van der Waals surface area (Å²) in [7, 11) is 3.02. The van der Waals surface area contributed by atoms with E-state index in [2.05, 4.69) is 5.32 Å². The van der Waals surface area contributed by atoms with Gasteiger partial charge in [0.2, 0.25) is 11.8 Å². The van der Waals surface area contributed by atoms with E-state index in [0.29, 0.717) is 43.1 Å². The van der Waals surface area contributed by atoms with Crippen molar-refractivity contribution in [2.45, 2.75) is 19.0 Å². The van der Waals surface area contributed by atoms with E-state index < -0.39 is 24.5 Å². The van der Waals surface area contributed by atoms with Crippen LogP contribution in [-0.4, -0.2) is 63.3 Å². The van der Waals surface area contributed by atoms with Crippen molar-refractivity contribution in [3.63, 3.8) is 0 Å². The van der Waals surface area contributed by atoms with Crippen LogP contribution in [0, 0.1) is 5.92 Å². The lowest BCUT2D eigenvalue weighted by Gasteiger charge is -2.30. The van der Waals surface area contributed by atoms with Gasteiger partial charge in [-0.3, -0.25) is 14.5 Å². The highest BCUT2D eigenvalue weighted by atomic mass is 19.4. The predicted octanol–water partition coefficient (Wildman–Crippen LogP) is 2.03. The van der Waals surface area contributed by atoms with Gasteiger partial charge in [0.15, 0.2) is 11.5 Å². The van der Waals surface area contributed by atoms with Gasteiger partial charge in [-0.15, -0.1) is 0 Å². The fourth-order valence-corrected chi connectivity index (χ4v) is 3.00. The first kappa shape index (κ1) is 21.8. The standard InChI is InChI=1S/C18H24F3N3O4/c1-27-14-4-3-13(9-15(14)28-2)23-16(25)10-24-7-5-12(6-8-24)17(26)22-11-18(19,20)21/h3-4,9,12H,5-8,10-11H2,1-2H3,(H,22,26)(H,23,25). The van der Waals surface area contributed by atoms with E-state index in [9.17, 15) is 22.8 Å². The van der Waals surface area contributed by atoms with Crippen LogP contribution in [0.15, 0.2) is 18.2 Å². The zero-order chi connectivity index (χ0) is 20.7. The summed E-state index contributed by atoms with van der Waals surface area (Å²) in [4.78, 5) is 25.9. The van der Waals surface area contributed by atoms with E-state index in [1.807, 2.05) is 10.2 Å². The molecule has 2 amide bonds. The van der Waals surface area contributed by atoms with Crippen molar-refractivity contribution in [1.29, 1.82) is 0 Å². The number of methoxy groups -OCH3 is 2. The van der Waals surface area contributed by atoms with Gasteiger partial charge in [-0.1, -0.05) is 0 Å². The number of likely N-dealkylation sites (tertiary alicyclic amines) is 1. The summed E-state index contributed by atoms with van der Waals surface area (Å²) in [6.45, 7) is -0.266. The molecule has 28 heavy (non-hydrogen) atoms. The average Bonchev–Trinajstić information content (AvgIpc) is 2.65. The summed E-state index contributed by atoms with van der Waals surface area (Å²) in [5, 5.41) is 4.68. The molecule has 156 valence electrons. The van der Waals surface area contributed by atoms with E-state index in [0.717, 1.165) is 0 Å². The molecule has 0 spiro atoms. The zero-order valence-electron chi connectivity index (χ0n) is 15.8. The lowest BCUT2D eigenvalue weighted by Crippen LogP contribution is -2.44. The van der Waals surface area contributed by atoms with Crippen molar-refractivity contribution >= 4 is 17.5 Å². The van der Waals surface area contributed by atoms with Gasteiger partial charge in [0.1, 0.15) is 6.54 Å². The number of rotatable bonds is 7. The molecule has 1 aliphatic rings. The number of halogens is 3. The first-order valence-electron chi connectivity index (χ1n) is 8.80. The molecule has 1 fully saturated rings. The molecule has 1 aliphatic heterocycles. The summed E-state index contributed by atoms with van der Waals surface area (Å²) in [5.41, 5.74) is 0.559. The minimum Gasteiger partial charge on any atom is -0.493 e.